The minimum atomic E-state index is -0.492. The Morgan fingerprint density at radius 3 is 2.41 bits per heavy atom. The van der Waals surface area contributed by atoms with E-state index in [9.17, 15) is 9.59 Å². The second-order valence-corrected chi connectivity index (χ2v) is 11.3. The Bertz CT molecular complexity index is 1510. The Labute approximate surface area is 240 Å². The van der Waals surface area contributed by atoms with Gasteiger partial charge < -0.3 is 23.7 Å². The number of pyridine rings is 1. The zero-order valence-corrected chi connectivity index (χ0v) is 24.2. The predicted molar refractivity (Wildman–Crippen MR) is 160 cm³/mol. The van der Waals surface area contributed by atoms with Crippen LogP contribution in [0.4, 0.5) is 10.5 Å². The van der Waals surface area contributed by atoms with Crippen LogP contribution in [0.15, 0.2) is 71.5 Å². The first kappa shape index (κ1) is 28.2. The van der Waals surface area contributed by atoms with Gasteiger partial charge in [-0.1, -0.05) is 37.6 Å². The molecule has 1 aliphatic rings. The lowest BCUT2D eigenvalue weighted by atomic mass is 10.0. The highest BCUT2D eigenvalue weighted by Crippen LogP contribution is 2.33. The lowest BCUT2D eigenvalue weighted by Gasteiger charge is -2.36. The van der Waals surface area contributed by atoms with Crippen molar-refractivity contribution >= 4 is 28.8 Å². The second kappa shape index (κ2) is 12.0. The van der Waals surface area contributed by atoms with E-state index >= 15 is 0 Å². The highest BCUT2D eigenvalue weighted by Gasteiger charge is 2.26. The monoisotopic (exact) mass is 555 g/mol. The number of hydrogen-bond donors (Lipinski definition) is 0. The van der Waals surface area contributed by atoms with E-state index in [0.717, 1.165) is 59.4 Å². The first-order valence-corrected chi connectivity index (χ1v) is 14.2. The minimum Gasteiger partial charge on any atom is -0.462 e. The third-order valence-corrected chi connectivity index (χ3v) is 7.05. The average molecular weight is 556 g/mol. The van der Waals surface area contributed by atoms with Crippen molar-refractivity contribution in [2.24, 2.45) is 0 Å². The molecule has 5 rings (SSSR count). The molecule has 3 heterocycles. The Hall–Kier alpha value is -4.33. The van der Waals surface area contributed by atoms with Crippen LogP contribution in [0.1, 0.15) is 50.9 Å². The molecule has 0 atom stereocenters. The average Bonchev–Trinajstić information content (AvgIpc) is 3.40. The summed E-state index contributed by atoms with van der Waals surface area (Å²) < 4.78 is 16.8. The number of anilines is 1. The molecule has 1 amide bonds. The fourth-order valence-electron chi connectivity index (χ4n) is 4.82. The zero-order valence-electron chi connectivity index (χ0n) is 24.2. The van der Waals surface area contributed by atoms with Crippen LogP contribution in [-0.2, 0) is 9.47 Å². The minimum absolute atomic E-state index is 0.255. The molecule has 0 N–H and O–H groups in total. The largest absolute Gasteiger partial charge is 0.462 e. The fourth-order valence-corrected chi connectivity index (χ4v) is 4.82. The third kappa shape index (κ3) is 6.70. The van der Waals surface area contributed by atoms with Crippen LogP contribution in [0.25, 0.3) is 33.4 Å². The van der Waals surface area contributed by atoms with Gasteiger partial charge in [-0.15, -0.1) is 0 Å². The van der Waals surface area contributed by atoms with E-state index in [-0.39, 0.29) is 12.1 Å². The summed E-state index contributed by atoms with van der Waals surface area (Å²) in [6, 6.07) is 17.7. The van der Waals surface area contributed by atoms with Crippen LogP contribution >= 0.6 is 0 Å². The van der Waals surface area contributed by atoms with Crippen LogP contribution in [-0.4, -0.2) is 60.3 Å². The number of furan rings is 1. The summed E-state index contributed by atoms with van der Waals surface area (Å²) in [5.41, 5.74) is 6.21. The SMILES string of the molecule is CCCCOC(=O)c1cccc(-c2coc3cc(-c4ccc(N5CCN(C(=O)OC(C)(C)C)CC5)cc4)cnc23)c1. The van der Waals surface area contributed by atoms with Gasteiger partial charge in [0, 0.05) is 49.2 Å². The number of carbonyl (C=O) groups excluding carboxylic acids is 2. The maximum absolute atomic E-state index is 12.4. The Morgan fingerprint density at radius 1 is 0.951 bits per heavy atom. The van der Waals surface area contributed by atoms with E-state index in [2.05, 4.69) is 36.1 Å². The van der Waals surface area contributed by atoms with Gasteiger partial charge in [0.05, 0.1) is 12.2 Å². The number of hydrogen-bond acceptors (Lipinski definition) is 7. The molecule has 1 saturated heterocycles. The van der Waals surface area contributed by atoms with Crippen molar-refractivity contribution in [1.29, 1.82) is 0 Å². The topological polar surface area (TPSA) is 85.1 Å². The van der Waals surface area contributed by atoms with Crippen molar-refractivity contribution in [3.05, 3.63) is 72.6 Å². The quantitative estimate of drug-likeness (QED) is 0.176. The number of rotatable bonds is 7. The number of carbonyl (C=O) groups is 2. The summed E-state index contributed by atoms with van der Waals surface area (Å²) in [6.07, 6.45) is 5.09. The fraction of sp³-hybridized carbons (Fsp3) is 0.364. The Morgan fingerprint density at radius 2 is 1.71 bits per heavy atom. The Balaban J connectivity index is 1.26. The standard InChI is InChI=1S/C33H37N3O5/c1-5-6-18-39-31(37)25-9-7-8-24(19-25)28-22-40-29-20-26(21-34-30(28)29)23-10-12-27(13-11-23)35-14-16-36(17-15-35)32(38)41-33(2,3)4/h7-13,19-22H,5-6,14-18H2,1-4H3. The van der Waals surface area contributed by atoms with E-state index in [4.69, 9.17) is 18.9 Å². The third-order valence-electron chi connectivity index (χ3n) is 7.05. The van der Waals surface area contributed by atoms with Crippen LogP contribution in [0.3, 0.4) is 0 Å². The molecule has 214 valence electrons. The maximum atomic E-state index is 12.4. The van der Waals surface area contributed by atoms with E-state index in [0.29, 0.717) is 30.8 Å². The number of unbranched alkanes of at least 4 members (excludes halogenated alkanes) is 1. The van der Waals surface area contributed by atoms with E-state index in [1.165, 1.54) is 0 Å². The summed E-state index contributed by atoms with van der Waals surface area (Å²) in [5, 5.41) is 0. The van der Waals surface area contributed by atoms with Gasteiger partial charge in [0.15, 0.2) is 5.58 Å². The molecule has 0 radical (unpaired) electrons. The summed E-state index contributed by atoms with van der Waals surface area (Å²) >= 11 is 0. The van der Waals surface area contributed by atoms with Gasteiger partial charge in [0.1, 0.15) is 17.4 Å². The number of amides is 1. The van der Waals surface area contributed by atoms with Crippen LogP contribution < -0.4 is 4.90 Å². The smallest absolute Gasteiger partial charge is 0.410 e. The second-order valence-electron chi connectivity index (χ2n) is 11.3. The lowest BCUT2D eigenvalue weighted by molar-refractivity contribution is 0.0240. The molecular weight excluding hydrogens is 518 g/mol. The molecule has 8 heteroatoms. The molecule has 0 spiro atoms. The van der Waals surface area contributed by atoms with Gasteiger partial charge in [0.2, 0.25) is 0 Å². The number of piperazine rings is 1. The van der Waals surface area contributed by atoms with E-state index in [1.807, 2.05) is 51.2 Å². The van der Waals surface area contributed by atoms with Crippen molar-refractivity contribution in [2.75, 3.05) is 37.7 Å². The number of esters is 1. The van der Waals surface area contributed by atoms with Crippen molar-refractivity contribution in [1.82, 2.24) is 9.88 Å². The number of fused-ring (bicyclic) bond motifs is 1. The molecule has 4 aromatic rings. The highest BCUT2D eigenvalue weighted by molar-refractivity contribution is 5.95. The van der Waals surface area contributed by atoms with Crippen LogP contribution in [0.5, 0.6) is 0 Å². The van der Waals surface area contributed by atoms with Gasteiger partial charge in [-0.25, -0.2) is 9.59 Å². The van der Waals surface area contributed by atoms with Crippen molar-refractivity contribution < 1.29 is 23.5 Å². The predicted octanol–water partition coefficient (Wildman–Crippen LogP) is 7.18. The first-order chi connectivity index (χ1) is 19.7. The van der Waals surface area contributed by atoms with Crippen molar-refractivity contribution in [3.8, 4) is 22.3 Å². The number of ether oxygens (including phenoxy) is 2. The van der Waals surface area contributed by atoms with Gasteiger partial charge in [-0.05, 0) is 68.7 Å². The van der Waals surface area contributed by atoms with Gasteiger partial charge >= 0.3 is 12.1 Å². The lowest BCUT2D eigenvalue weighted by Crippen LogP contribution is -2.50. The molecule has 0 saturated carbocycles. The molecule has 0 aliphatic carbocycles. The van der Waals surface area contributed by atoms with Crippen molar-refractivity contribution in [3.63, 3.8) is 0 Å². The van der Waals surface area contributed by atoms with Crippen LogP contribution in [0.2, 0.25) is 0 Å². The molecule has 1 aliphatic heterocycles. The summed E-state index contributed by atoms with van der Waals surface area (Å²) in [7, 11) is 0. The molecular formula is C33H37N3O5. The maximum Gasteiger partial charge on any atom is 0.410 e. The first-order valence-electron chi connectivity index (χ1n) is 14.2. The highest BCUT2D eigenvalue weighted by atomic mass is 16.6. The normalized spacial score (nSPS) is 13.9. The number of benzene rings is 2. The van der Waals surface area contributed by atoms with E-state index < -0.39 is 5.60 Å². The van der Waals surface area contributed by atoms with Gasteiger partial charge in [0.25, 0.3) is 0 Å². The zero-order chi connectivity index (χ0) is 29.0. The number of aromatic nitrogens is 1. The van der Waals surface area contributed by atoms with Gasteiger partial charge in [-0.2, -0.15) is 0 Å². The Kier molecular flexibility index (Phi) is 8.28. The summed E-state index contributed by atoms with van der Waals surface area (Å²) in [5.74, 6) is -0.322. The molecule has 1 fully saturated rings. The molecule has 8 nitrogen and oxygen atoms in total. The molecule has 41 heavy (non-hydrogen) atoms. The molecule has 0 unspecified atom stereocenters. The molecule has 2 aromatic carbocycles. The van der Waals surface area contributed by atoms with Gasteiger partial charge in [-0.3, -0.25) is 4.98 Å². The van der Waals surface area contributed by atoms with Crippen LogP contribution in [0, 0.1) is 0 Å². The number of nitrogens with zero attached hydrogens (tertiary/aromatic N) is 3. The molecule has 2 aromatic heterocycles. The van der Waals surface area contributed by atoms with E-state index in [1.54, 1.807) is 17.2 Å². The molecule has 0 bridgehead atoms. The van der Waals surface area contributed by atoms with Crippen molar-refractivity contribution in [2.45, 2.75) is 46.1 Å². The summed E-state index contributed by atoms with van der Waals surface area (Å²) in [6.45, 7) is 10.9. The summed E-state index contributed by atoms with van der Waals surface area (Å²) in [4.78, 5) is 33.6.